The highest BCUT2D eigenvalue weighted by Gasteiger charge is 2.35. The number of hydrogen-bond donors (Lipinski definition) is 2. The summed E-state index contributed by atoms with van der Waals surface area (Å²) in [5.41, 5.74) is 0.539. The van der Waals surface area contributed by atoms with Crippen LogP contribution in [0.5, 0.6) is 0 Å². The summed E-state index contributed by atoms with van der Waals surface area (Å²) in [7, 11) is 0. The van der Waals surface area contributed by atoms with Gasteiger partial charge in [0.25, 0.3) is 0 Å². The lowest BCUT2D eigenvalue weighted by atomic mass is 10.1. The molecule has 0 atom stereocenters. The van der Waals surface area contributed by atoms with Gasteiger partial charge in [-0.25, -0.2) is 4.79 Å². The number of carbonyl (C=O) groups excluding carboxylic acids is 1. The summed E-state index contributed by atoms with van der Waals surface area (Å²) in [6, 6.07) is 3.05. The van der Waals surface area contributed by atoms with E-state index >= 15 is 0 Å². The minimum absolute atomic E-state index is 0.00697. The van der Waals surface area contributed by atoms with Gasteiger partial charge in [0.2, 0.25) is 0 Å². The van der Waals surface area contributed by atoms with Crippen LogP contribution in [0.4, 0.5) is 18.9 Å². The van der Waals surface area contributed by atoms with Crippen LogP contribution in [-0.2, 0) is 10.9 Å². The maximum absolute atomic E-state index is 12.7. The van der Waals surface area contributed by atoms with E-state index in [2.05, 4.69) is 10.2 Å². The molecule has 94 valence electrons. The summed E-state index contributed by atoms with van der Waals surface area (Å²) in [5, 5.41) is 0. The first-order valence-corrected chi connectivity index (χ1v) is 4.75. The molecule has 17 heavy (non-hydrogen) atoms. The van der Waals surface area contributed by atoms with E-state index in [0.717, 1.165) is 12.1 Å². The maximum Gasteiger partial charge on any atom is 0.417 e. The summed E-state index contributed by atoms with van der Waals surface area (Å²) in [6.07, 6.45) is -4.64. The van der Waals surface area contributed by atoms with Crippen molar-refractivity contribution in [2.45, 2.75) is 13.1 Å². The number of alkyl halides is 3. The smallest absolute Gasteiger partial charge is 0.417 e. The number of halogens is 3. The average molecular weight is 248 g/mol. The summed E-state index contributed by atoms with van der Waals surface area (Å²) in [6.45, 7) is 1.52. The van der Waals surface area contributed by atoms with Crippen LogP contribution >= 0.6 is 0 Å². The van der Waals surface area contributed by atoms with E-state index in [1.54, 1.807) is 0 Å². The first-order chi connectivity index (χ1) is 7.90. The Bertz CT molecular complexity index is 419. The zero-order valence-electron chi connectivity index (χ0n) is 8.97. The van der Waals surface area contributed by atoms with Crippen molar-refractivity contribution in [1.82, 2.24) is 0 Å². The van der Waals surface area contributed by atoms with Crippen molar-refractivity contribution >= 4 is 11.7 Å². The molecule has 0 radical (unpaired) electrons. The number of hydrogen-bond acceptors (Lipinski definition) is 4. The molecular weight excluding hydrogens is 237 g/mol. The Labute approximate surface area is 95.5 Å². The summed E-state index contributed by atoms with van der Waals surface area (Å²) in [4.78, 5) is 11.3. The molecule has 0 fully saturated rings. The number of hydrazine groups is 1. The van der Waals surface area contributed by atoms with Crippen molar-refractivity contribution in [2.75, 3.05) is 12.0 Å². The van der Waals surface area contributed by atoms with Crippen LogP contribution in [0.1, 0.15) is 22.8 Å². The van der Waals surface area contributed by atoms with Crippen molar-refractivity contribution in [1.29, 1.82) is 0 Å². The Balaban J connectivity index is 3.25. The molecule has 3 N–H and O–H groups in total. The van der Waals surface area contributed by atoms with Gasteiger partial charge >= 0.3 is 12.1 Å². The third kappa shape index (κ3) is 3.10. The monoisotopic (exact) mass is 248 g/mol. The second kappa shape index (κ2) is 5.05. The van der Waals surface area contributed by atoms with Crippen molar-refractivity contribution in [3.05, 3.63) is 29.3 Å². The van der Waals surface area contributed by atoms with Crippen LogP contribution in [0, 0.1) is 0 Å². The van der Waals surface area contributed by atoms with E-state index in [1.165, 1.54) is 13.0 Å². The van der Waals surface area contributed by atoms with E-state index in [0.29, 0.717) is 0 Å². The van der Waals surface area contributed by atoms with Gasteiger partial charge in [-0.05, 0) is 25.1 Å². The number of benzene rings is 1. The molecular formula is C10H11F3N2O2. The minimum Gasteiger partial charge on any atom is -0.462 e. The van der Waals surface area contributed by atoms with E-state index in [4.69, 9.17) is 5.84 Å². The molecule has 4 nitrogen and oxygen atoms in total. The van der Waals surface area contributed by atoms with Crippen LogP contribution in [-0.4, -0.2) is 12.6 Å². The summed E-state index contributed by atoms with van der Waals surface area (Å²) in [5.74, 6) is 4.00. The van der Waals surface area contributed by atoms with E-state index in [9.17, 15) is 18.0 Å². The Morgan fingerprint density at radius 3 is 2.59 bits per heavy atom. The molecule has 1 aromatic rings. The van der Waals surface area contributed by atoms with Crippen LogP contribution in [0.25, 0.3) is 0 Å². The molecule has 1 rings (SSSR count). The van der Waals surface area contributed by atoms with E-state index in [-0.39, 0.29) is 12.3 Å². The predicted octanol–water partition coefficient (Wildman–Crippen LogP) is 2.17. The molecule has 0 amide bonds. The van der Waals surface area contributed by atoms with Gasteiger partial charge in [-0.1, -0.05) is 0 Å². The first kappa shape index (κ1) is 13.3. The van der Waals surface area contributed by atoms with Gasteiger partial charge in [0, 0.05) is 5.69 Å². The Morgan fingerprint density at radius 1 is 1.47 bits per heavy atom. The highest BCUT2D eigenvalue weighted by atomic mass is 19.4. The summed E-state index contributed by atoms with van der Waals surface area (Å²) >= 11 is 0. The van der Waals surface area contributed by atoms with Gasteiger partial charge in [0.15, 0.2) is 0 Å². The van der Waals surface area contributed by atoms with Gasteiger partial charge in [-0.3, -0.25) is 5.84 Å². The molecule has 1 aromatic carbocycles. The molecule has 0 bridgehead atoms. The fourth-order valence-corrected chi connectivity index (χ4v) is 1.26. The highest BCUT2D eigenvalue weighted by Crippen LogP contribution is 2.34. The number of nitrogen functional groups attached to an aromatic ring is 1. The lowest BCUT2D eigenvalue weighted by Crippen LogP contribution is -2.16. The predicted molar refractivity (Wildman–Crippen MR) is 55.2 cm³/mol. The lowest BCUT2D eigenvalue weighted by molar-refractivity contribution is -0.138. The number of ether oxygens (including phenoxy) is 1. The fourth-order valence-electron chi connectivity index (χ4n) is 1.26. The zero-order chi connectivity index (χ0) is 13.1. The van der Waals surface area contributed by atoms with Crippen molar-refractivity contribution in [3.8, 4) is 0 Å². The van der Waals surface area contributed by atoms with Gasteiger partial charge in [0.1, 0.15) is 0 Å². The quantitative estimate of drug-likeness (QED) is 0.489. The second-order valence-electron chi connectivity index (χ2n) is 3.12. The van der Waals surface area contributed by atoms with Crippen LogP contribution < -0.4 is 11.3 Å². The van der Waals surface area contributed by atoms with Crippen LogP contribution in [0.15, 0.2) is 18.2 Å². The topological polar surface area (TPSA) is 64.3 Å². The number of carbonyl (C=O) groups is 1. The third-order valence-corrected chi connectivity index (χ3v) is 1.99. The summed E-state index contributed by atoms with van der Waals surface area (Å²) < 4.78 is 42.6. The Morgan fingerprint density at radius 2 is 2.12 bits per heavy atom. The standard InChI is InChI=1S/C10H11F3N2O2/c1-2-17-9(16)7-4-3-6(15-14)5-8(7)10(11,12)13/h3-5,15H,2,14H2,1H3. The Hall–Kier alpha value is -1.76. The number of esters is 1. The molecule has 0 saturated heterocycles. The third-order valence-electron chi connectivity index (χ3n) is 1.99. The maximum atomic E-state index is 12.7. The molecule has 0 heterocycles. The van der Waals surface area contributed by atoms with Crippen molar-refractivity contribution in [2.24, 2.45) is 5.84 Å². The van der Waals surface area contributed by atoms with Gasteiger partial charge in [-0.2, -0.15) is 13.2 Å². The molecule has 7 heteroatoms. The normalized spacial score (nSPS) is 11.1. The second-order valence-corrected chi connectivity index (χ2v) is 3.12. The number of rotatable bonds is 3. The van der Waals surface area contributed by atoms with E-state index in [1.807, 2.05) is 0 Å². The van der Waals surface area contributed by atoms with Crippen molar-refractivity contribution < 1.29 is 22.7 Å². The van der Waals surface area contributed by atoms with Crippen LogP contribution in [0.2, 0.25) is 0 Å². The average Bonchev–Trinajstić information content (AvgIpc) is 2.27. The SMILES string of the molecule is CCOC(=O)c1ccc(NN)cc1C(F)(F)F. The zero-order valence-corrected chi connectivity index (χ0v) is 8.97. The van der Waals surface area contributed by atoms with Gasteiger partial charge < -0.3 is 10.2 Å². The first-order valence-electron chi connectivity index (χ1n) is 4.75. The van der Waals surface area contributed by atoms with Gasteiger partial charge in [0.05, 0.1) is 17.7 Å². The molecule has 0 aromatic heterocycles. The fraction of sp³-hybridized carbons (Fsp3) is 0.300. The number of nitrogens with two attached hydrogens (primary N) is 1. The minimum atomic E-state index is -4.64. The molecule has 0 unspecified atom stereocenters. The molecule has 0 aliphatic heterocycles. The highest BCUT2D eigenvalue weighted by molar-refractivity contribution is 5.92. The lowest BCUT2D eigenvalue weighted by Gasteiger charge is -2.13. The van der Waals surface area contributed by atoms with Crippen LogP contribution in [0.3, 0.4) is 0 Å². The molecule has 0 aliphatic rings. The Kier molecular flexibility index (Phi) is 3.95. The number of anilines is 1. The largest absolute Gasteiger partial charge is 0.462 e. The van der Waals surface area contributed by atoms with Crippen molar-refractivity contribution in [3.63, 3.8) is 0 Å². The number of nitrogens with one attached hydrogen (secondary N) is 1. The molecule has 0 aliphatic carbocycles. The van der Waals surface area contributed by atoms with Gasteiger partial charge in [-0.15, -0.1) is 0 Å². The van der Waals surface area contributed by atoms with E-state index < -0.39 is 23.3 Å². The molecule has 0 spiro atoms. The molecule has 0 saturated carbocycles.